The van der Waals surface area contributed by atoms with Gasteiger partial charge in [-0.15, -0.1) is 5.46 Å². The predicted molar refractivity (Wildman–Crippen MR) is 71.8 cm³/mol. The van der Waals surface area contributed by atoms with Crippen molar-refractivity contribution in [2.75, 3.05) is 0 Å². The molecular formula is C14H18BF4O-. The van der Waals surface area contributed by atoms with Gasteiger partial charge in [-0.25, -0.2) is 4.39 Å². The fourth-order valence-electron chi connectivity index (χ4n) is 2.71. The Morgan fingerprint density at radius 3 is 2.65 bits per heavy atom. The molecule has 1 aliphatic carbocycles. The van der Waals surface area contributed by atoms with Crippen LogP contribution in [0.4, 0.5) is 17.3 Å². The van der Waals surface area contributed by atoms with Crippen LogP contribution in [0, 0.1) is 11.7 Å². The second-order valence-electron chi connectivity index (χ2n) is 5.45. The Labute approximate surface area is 116 Å². The van der Waals surface area contributed by atoms with Gasteiger partial charge in [-0.3, -0.25) is 0 Å². The van der Waals surface area contributed by atoms with E-state index in [9.17, 15) is 17.3 Å². The summed E-state index contributed by atoms with van der Waals surface area (Å²) in [5.41, 5.74) is -0.816. The maximum atomic E-state index is 13.6. The van der Waals surface area contributed by atoms with E-state index < -0.39 is 18.3 Å². The second-order valence-corrected chi connectivity index (χ2v) is 5.45. The first-order valence-electron chi connectivity index (χ1n) is 7.06. The molecule has 0 N–H and O–H groups in total. The molecule has 0 aromatic heterocycles. The van der Waals surface area contributed by atoms with Crippen molar-refractivity contribution in [3.05, 3.63) is 24.0 Å². The molecule has 2 atom stereocenters. The number of benzene rings is 1. The molecule has 1 fully saturated rings. The monoisotopic (exact) mass is 289 g/mol. The van der Waals surface area contributed by atoms with Crippen LogP contribution >= 0.6 is 0 Å². The Bertz CT molecular complexity index is 461. The van der Waals surface area contributed by atoms with Crippen molar-refractivity contribution < 1.29 is 22.1 Å². The lowest BCUT2D eigenvalue weighted by Crippen LogP contribution is -2.34. The van der Waals surface area contributed by atoms with Gasteiger partial charge in [0.2, 0.25) is 0 Å². The van der Waals surface area contributed by atoms with Crippen LogP contribution in [0.2, 0.25) is 0 Å². The van der Waals surface area contributed by atoms with E-state index in [1.54, 1.807) is 0 Å². The fourth-order valence-corrected chi connectivity index (χ4v) is 2.71. The van der Waals surface area contributed by atoms with Crippen molar-refractivity contribution in [2.45, 2.75) is 45.1 Å². The molecule has 1 nitrogen and oxygen atoms in total. The van der Waals surface area contributed by atoms with Crippen molar-refractivity contribution in [3.8, 4) is 5.75 Å². The van der Waals surface area contributed by atoms with E-state index in [1.165, 1.54) is 0 Å². The maximum absolute atomic E-state index is 13.6. The van der Waals surface area contributed by atoms with Gasteiger partial charge in [0.15, 0.2) is 11.6 Å². The summed E-state index contributed by atoms with van der Waals surface area (Å²) in [7, 11) is 0. The van der Waals surface area contributed by atoms with Gasteiger partial charge < -0.3 is 17.7 Å². The van der Waals surface area contributed by atoms with Crippen molar-refractivity contribution in [1.82, 2.24) is 0 Å². The van der Waals surface area contributed by atoms with Gasteiger partial charge in [-0.1, -0.05) is 25.8 Å². The third kappa shape index (κ3) is 3.67. The maximum Gasteiger partial charge on any atom is 0.509 e. The zero-order valence-corrected chi connectivity index (χ0v) is 11.4. The van der Waals surface area contributed by atoms with Crippen molar-refractivity contribution in [1.29, 1.82) is 0 Å². The molecule has 1 aromatic carbocycles. The average Bonchev–Trinajstić information content (AvgIpc) is 2.40. The molecule has 2 unspecified atom stereocenters. The van der Waals surface area contributed by atoms with Gasteiger partial charge in [0, 0.05) is 0 Å². The molecule has 0 heterocycles. The van der Waals surface area contributed by atoms with Gasteiger partial charge in [0.25, 0.3) is 0 Å². The summed E-state index contributed by atoms with van der Waals surface area (Å²) in [5, 5.41) is 0. The van der Waals surface area contributed by atoms with Crippen LogP contribution in [0.3, 0.4) is 0 Å². The van der Waals surface area contributed by atoms with Crippen molar-refractivity contribution >= 4 is 12.4 Å². The van der Waals surface area contributed by atoms with E-state index in [4.69, 9.17) is 4.74 Å². The quantitative estimate of drug-likeness (QED) is 0.595. The number of halogens is 4. The first-order valence-corrected chi connectivity index (χ1v) is 7.06. The average molecular weight is 289 g/mol. The first kappa shape index (κ1) is 15.2. The van der Waals surface area contributed by atoms with Gasteiger partial charge in [0.1, 0.15) is 0 Å². The van der Waals surface area contributed by atoms with Gasteiger partial charge >= 0.3 is 6.98 Å². The lowest BCUT2D eigenvalue weighted by Gasteiger charge is -2.29. The summed E-state index contributed by atoms with van der Waals surface area (Å²) in [5.74, 6) is -0.484. The SMILES string of the molecule is CCC1CCCC(Oc2cc([B-](F)(F)F)ccc2F)C1. The van der Waals surface area contributed by atoms with Crippen LogP contribution < -0.4 is 10.2 Å². The molecule has 1 saturated carbocycles. The fraction of sp³-hybridized carbons (Fsp3) is 0.571. The van der Waals surface area contributed by atoms with E-state index in [-0.39, 0.29) is 11.9 Å². The lowest BCUT2D eigenvalue weighted by atomic mass is 9.80. The smallest absolute Gasteiger partial charge is 0.487 e. The molecule has 6 heteroatoms. The van der Waals surface area contributed by atoms with Crippen LogP contribution in [-0.2, 0) is 0 Å². The molecule has 0 bridgehead atoms. The summed E-state index contributed by atoms with van der Waals surface area (Å²) in [4.78, 5) is 0. The van der Waals surface area contributed by atoms with E-state index in [1.807, 2.05) is 0 Å². The molecule has 112 valence electrons. The third-order valence-electron chi connectivity index (χ3n) is 3.94. The minimum absolute atomic E-state index is 0.181. The topological polar surface area (TPSA) is 9.23 Å². The highest BCUT2D eigenvalue weighted by Gasteiger charge is 2.28. The Morgan fingerprint density at radius 2 is 2.00 bits per heavy atom. The minimum atomic E-state index is -5.13. The van der Waals surface area contributed by atoms with Crippen LogP contribution in [0.25, 0.3) is 0 Å². The Morgan fingerprint density at radius 1 is 1.25 bits per heavy atom. The molecule has 0 amide bonds. The van der Waals surface area contributed by atoms with E-state index in [2.05, 4.69) is 6.92 Å². The predicted octanol–water partition coefficient (Wildman–Crippen LogP) is 4.23. The van der Waals surface area contributed by atoms with Crippen LogP contribution in [-0.4, -0.2) is 13.1 Å². The Hall–Kier alpha value is -1.20. The molecule has 2 rings (SSSR count). The zero-order valence-electron chi connectivity index (χ0n) is 11.4. The molecule has 20 heavy (non-hydrogen) atoms. The Balaban J connectivity index is 2.12. The van der Waals surface area contributed by atoms with Gasteiger partial charge in [0.05, 0.1) is 6.10 Å². The highest BCUT2D eigenvalue weighted by atomic mass is 19.4. The van der Waals surface area contributed by atoms with E-state index >= 15 is 0 Å². The largest absolute Gasteiger partial charge is 0.509 e. The van der Waals surface area contributed by atoms with Gasteiger partial charge in [-0.05, 0) is 37.3 Å². The second kappa shape index (κ2) is 6.06. The third-order valence-corrected chi connectivity index (χ3v) is 3.94. The molecular weight excluding hydrogens is 271 g/mol. The minimum Gasteiger partial charge on any atom is -0.487 e. The van der Waals surface area contributed by atoms with E-state index in [0.717, 1.165) is 50.3 Å². The summed E-state index contributed by atoms with van der Waals surface area (Å²) >= 11 is 0. The molecule has 1 aliphatic rings. The zero-order chi connectivity index (χ0) is 14.8. The molecule has 1 aromatic rings. The normalized spacial score (nSPS) is 23.6. The van der Waals surface area contributed by atoms with Crippen LogP contribution in [0.1, 0.15) is 39.0 Å². The van der Waals surface area contributed by atoms with Gasteiger partial charge in [-0.2, -0.15) is 0 Å². The molecule has 0 saturated heterocycles. The highest BCUT2D eigenvalue weighted by molar-refractivity contribution is 6.73. The van der Waals surface area contributed by atoms with Crippen LogP contribution in [0.15, 0.2) is 18.2 Å². The number of hydrogen-bond acceptors (Lipinski definition) is 1. The molecule has 0 radical (unpaired) electrons. The molecule has 0 spiro atoms. The lowest BCUT2D eigenvalue weighted by molar-refractivity contribution is 0.117. The highest BCUT2D eigenvalue weighted by Crippen LogP contribution is 2.30. The summed E-state index contributed by atoms with van der Waals surface area (Å²) < 4.78 is 57.1. The molecule has 0 aliphatic heterocycles. The summed E-state index contributed by atoms with van der Waals surface area (Å²) in [6, 6.07) is 2.38. The van der Waals surface area contributed by atoms with Crippen LogP contribution in [0.5, 0.6) is 5.75 Å². The number of rotatable bonds is 4. The van der Waals surface area contributed by atoms with Crippen molar-refractivity contribution in [3.63, 3.8) is 0 Å². The Kier molecular flexibility index (Phi) is 4.61. The first-order chi connectivity index (χ1) is 9.40. The summed E-state index contributed by atoms with van der Waals surface area (Å²) in [6.45, 7) is -3.05. The number of ether oxygens (including phenoxy) is 1. The van der Waals surface area contributed by atoms with Crippen molar-refractivity contribution in [2.24, 2.45) is 5.92 Å². The number of hydrogen-bond donors (Lipinski definition) is 0. The standard InChI is InChI=1S/C14H18BF4O/c1-2-10-4-3-5-12(8-10)20-14-9-11(15(17,18)19)6-7-13(14)16/h6-7,9-10,12H,2-5,8H2,1H3/q-1. The van der Waals surface area contributed by atoms with E-state index in [0.29, 0.717) is 5.92 Å². The summed E-state index contributed by atoms with van der Waals surface area (Å²) in [6.07, 6.45) is 4.50.